The first-order chi connectivity index (χ1) is 10.5. The SMILES string of the molecule is Cc1ccc(C2C(c3ccccn3)NC(=S)N2C(C)C)n1C. The first-order valence-corrected chi connectivity index (χ1v) is 8.03. The minimum atomic E-state index is 0.0732. The molecule has 22 heavy (non-hydrogen) atoms. The van der Waals surface area contributed by atoms with Crippen LogP contribution in [-0.4, -0.2) is 25.6 Å². The summed E-state index contributed by atoms with van der Waals surface area (Å²) < 4.78 is 2.24. The van der Waals surface area contributed by atoms with Crippen LogP contribution in [0.5, 0.6) is 0 Å². The van der Waals surface area contributed by atoms with E-state index in [1.807, 2.05) is 18.3 Å². The quantitative estimate of drug-likeness (QED) is 0.883. The molecule has 0 bridgehead atoms. The highest BCUT2D eigenvalue weighted by Gasteiger charge is 2.42. The zero-order chi connectivity index (χ0) is 15.9. The second kappa shape index (κ2) is 5.72. The van der Waals surface area contributed by atoms with Gasteiger partial charge in [-0.1, -0.05) is 6.07 Å². The number of thiocarbonyl (C=S) groups is 1. The molecule has 116 valence electrons. The fraction of sp³-hybridized carbons (Fsp3) is 0.412. The van der Waals surface area contributed by atoms with Gasteiger partial charge in [0.1, 0.15) is 0 Å². The summed E-state index contributed by atoms with van der Waals surface area (Å²) in [6.45, 7) is 6.48. The summed E-state index contributed by atoms with van der Waals surface area (Å²) in [6, 6.07) is 10.9. The van der Waals surface area contributed by atoms with Crippen LogP contribution < -0.4 is 5.32 Å². The Bertz CT molecular complexity index is 677. The summed E-state index contributed by atoms with van der Waals surface area (Å²) in [7, 11) is 2.11. The molecule has 5 heteroatoms. The number of nitrogens with zero attached hydrogens (tertiary/aromatic N) is 3. The molecule has 0 aliphatic carbocycles. The van der Waals surface area contributed by atoms with Gasteiger partial charge in [0.25, 0.3) is 0 Å². The summed E-state index contributed by atoms with van der Waals surface area (Å²) in [5, 5.41) is 4.27. The van der Waals surface area contributed by atoms with Crippen molar-refractivity contribution in [1.29, 1.82) is 0 Å². The van der Waals surface area contributed by atoms with Crippen LogP contribution >= 0.6 is 12.2 Å². The molecule has 3 rings (SSSR count). The highest BCUT2D eigenvalue weighted by molar-refractivity contribution is 7.80. The van der Waals surface area contributed by atoms with Gasteiger partial charge in [0.2, 0.25) is 0 Å². The number of nitrogens with one attached hydrogen (secondary N) is 1. The van der Waals surface area contributed by atoms with Crippen molar-refractivity contribution in [1.82, 2.24) is 19.8 Å². The summed E-state index contributed by atoms with van der Waals surface area (Å²) in [6.07, 6.45) is 1.84. The van der Waals surface area contributed by atoms with Gasteiger partial charge in [0.05, 0.1) is 17.8 Å². The topological polar surface area (TPSA) is 33.1 Å². The molecule has 2 atom stereocenters. The van der Waals surface area contributed by atoms with E-state index >= 15 is 0 Å². The van der Waals surface area contributed by atoms with Gasteiger partial charge >= 0.3 is 0 Å². The molecule has 2 aromatic rings. The number of rotatable bonds is 3. The van der Waals surface area contributed by atoms with Gasteiger partial charge < -0.3 is 14.8 Å². The van der Waals surface area contributed by atoms with Crippen molar-refractivity contribution in [2.24, 2.45) is 7.05 Å². The summed E-state index contributed by atoms with van der Waals surface area (Å²) in [5.74, 6) is 0. The fourth-order valence-electron chi connectivity index (χ4n) is 3.17. The molecule has 4 nitrogen and oxygen atoms in total. The van der Waals surface area contributed by atoms with Crippen LogP contribution in [0.2, 0.25) is 0 Å². The van der Waals surface area contributed by atoms with Crippen molar-refractivity contribution in [3.8, 4) is 0 Å². The van der Waals surface area contributed by atoms with Crippen molar-refractivity contribution in [2.45, 2.75) is 38.9 Å². The standard InChI is InChI=1S/C17H22N4S/c1-11(2)21-16(14-9-8-12(3)20(14)4)15(19-17(21)22)13-7-5-6-10-18-13/h5-11,15-16H,1-4H3,(H,19,22). The number of aryl methyl sites for hydroxylation is 1. The molecule has 2 aromatic heterocycles. The van der Waals surface area contributed by atoms with E-state index in [0.29, 0.717) is 6.04 Å². The number of hydrogen-bond acceptors (Lipinski definition) is 2. The Morgan fingerprint density at radius 3 is 2.55 bits per heavy atom. The van der Waals surface area contributed by atoms with Crippen LogP contribution in [0.1, 0.15) is 43.0 Å². The molecular weight excluding hydrogens is 292 g/mol. The van der Waals surface area contributed by atoms with Gasteiger partial charge in [-0.3, -0.25) is 4.98 Å². The Kier molecular flexibility index (Phi) is 3.91. The molecule has 0 radical (unpaired) electrons. The average Bonchev–Trinajstić information content (AvgIpc) is 3.01. The van der Waals surface area contributed by atoms with Crippen LogP contribution in [0.4, 0.5) is 0 Å². The minimum Gasteiger partial charge on any atom is -0.352 e. The molecule has 0 spiro atoms. The van der Waals surface area contributed by atoms with Crippen molar-refractivity contribution < 1.29 is 0 Å². The third-order valence-electron chi connectivity index (χ3n) is 4.41. The van der Waals surface area contributed by atoms with E-state index in [0.717, 1.165) is 10.8 Å². The van der Waals surface area contributed by atoms with E-state index in [2.05, 4.69) is 65.8 Å². The number of pyridine rings is 1. The predicted molar refractivity (Wildman–Crippen MR) is 92.6 cm³/mol. The molecule has 1 N–H and O–H groups in total. The second-order valence-corrected chi connectivity index (χ2v) is 6.47. The largest absolute Gasteiger partial charge is 0.352 e. The lowest BCUT2D eigenvalue weighted by Gasteiger charge is -2.31. The second-order valence-electron chi connectivity index (χ2n) is 6.09. The van der Waals surface area contributed by atoms with E-state index in [4.69, 9.17) is 12.2 Å². The monoisotopic (exact) mass is 314 g/mol. The third-order valence-corrected chi connectivity index (χ3v) is 4.74. The van der Waals surface area contributed by atoms with Gasteiger partial charge in [-0.25, -0.2) is 0 Å². The van der Waals surface area contributed by atoms with E-state index in [9.17, 15) is 0 Å². The fourth-order valence-corrected chi connectivity index (χ4v) is 3.62. The van der Waals surface area contributed by atoms with Crippen LogP contribution in [-0.2, 0) is 7.05 Å². The third kappa shape index (κ3) is 2.39. The molecule has 0 aromatic carbocycles. The van der Waals surface area contributed by atoms with E-state index in [1.165, 1.54) is 11.4 Å². The Morgan fingerprint density at radius 2 is 2.00 bits per heavy atom. The van der Waals surface area contributed by atoms with E-state index in [1.54, 1.807) is 0 Å². The molecule has 0 amide bonds. The van der Waals surface area contributed by atoms with Gasteiger partial charge in [0.15, 0.2) is 5.11 Å². The maximum absolute atomic E-state index is 5.60. The zero-order valence-corrected chi connectivity index (χ0v) is 14.3. The maximum atomic E-state index is 5.60. The van der Waals surface area contributed by atoms with Crippen LogP contribution in [0.3, 0.4) is 0 Å². The van der Waals surface area contributed by atoms with Crippen molar-refractivity contribution in [3.63, 3.8) is 0 Å². The van der Waals surface area contributed by atoms with Gasteiger partial charge in [0, 0.05) is 30.7 Å². The molecule has 1 saturated heterocycles. The van der Waals surface area contributed by atoms with Crippen LogP contribution in [0.15, 0.2) is 36.5 Å². The summed E-state index contributed by atoms with van der Waals surface area (Å²) in [4.78, 5) is 6.82. The highest BCUT2D eigenvalue weighted by Crippen LogP contribution is 2.39. The van der Waals surface area contributed by atoms with E-state index < -0.39 is 0 Å². The van der Waals surface area contributed by atoms with Crippen LogP contribution in [0, 0.1) is 6.92 Å². The van der Waals surface area contributed by atoms with Gasteiger partial charge in [-0.05, 0) is 57.3 Å². The normalized spacial score (nSPS) is 21.5. The Labute approximate surface area is 137 Å². The van der Waals surface area contributed by atoms with E-state index in [-0.39, 0.29) is 12.1 Å². The maximum Gasteiger partial charge on any atom is 0.170 e. The molecule has 3 heterocycles. The van der Waals surface area contributed by atoms with Crippen molar-refractivity contribution in [3.05, 3.63) is 53.6 Å². The van der Waals surface area contributed by atoms with Gasteiger partial charge in [-0.2, -0.15) is 0 Å². The Morgan fingerprint density at radius 1 is 1.23 bits per heavy atom. The molecule has 0 saturated carbocycles. The lowest BCUT2D eigenvalue weighted by atomic mass is 10.0. The molecule has 2 unspecified atom stereocenters. The summed E-state index contributed by atoms with van der Waals surface area (Å²) in [5.41, 5.74) is 3.53. The average molecular weight is 314 g/mol. The Balaban J connectivity index is 2.09. The van der Waals surface area contributed by atoms with Crippen molar-refractivity contribution >= 4 is 17.3 Å². The number of aromatic nitrogens is 2. The minimum absolute atomic E-state index is 0.0732. The Hall–Kier alpha value is -1.88. The highest BCUT2D eigenvalue weighted by atomic mass is 32.1. The van der Waals surface area contributed by atoms with Crippen molar-refractivity contribution in [2.75, 3.05) is 0 Å². The summed E-state index contributed by atoms with van der Waals surface area (Å²) >= 11 is 5.60. The first-order valence-electron chi connectivity index (χ1n) is 7.62. The smallest absolute Gasteiger partial charge is 0.170 e. The zero-order valence-electron chi connectivity index (χ0n) is 13.4. The predicted octanol–water partition coefficient (Wildman–Crippen LogP) is 3.11. The lowest BCUT2D eigenvalue weighted by molar-refractivity contribution is 0.260. The molecule has 1 aliphatic rings. The molecular formula is C17H22N4S. The molecule has 1 fully saturated rings. The van der Waals surface area contributed by atoms with Crippen LogP contribution in [0.25, 0.3) is 0 Å². The number of hydrogen-bond donors (Lipinski definition) is 1. The van der Waals surface area contributed by atoms with Gasteiger partial charge in [-0.15, -0.1) is 0 Å². The molecule has 1 aliphatic heterocycles. The first kappa shape index (κ1) is 15.0. The lowest BCUT2D eigenvalue weighted by Crippen LogP contribution is -2.36.